The van der Waals surface area contributed by atoms with Crippen LogP contribution in [0.4, 0.5) is 0 Å². The highest BCUT2D eigenvalue weighted by atomic mass is 32.2. The number of sulfone groups is 1. The van der Waals surface area contributed by atoms with Crippen molar-refractivity contribution >= 4 is 21.7 Å². The highest BCUT2D eigenvalue weighted by Crippen LogP contribution is 2.15. The summed E-state index contributed by atoms with van der Waals surface area (Å²) in [4.78, 5) is 20.6. The molecule has 0 spiro atoms. The molecule has 1 N–H and O–H groups in total. The molecule has 2 rings (SSSR count). The first-order valence-electron chi connectivity index (χ1n) is 9.24. The van der Waals surface area contributed by atoms with E-state index in [0.717, 1.165) is 0 Å². The van der Waals surface area contributed by atoms with Gasteiger partial charge in [0, 0.05) is 32.7 Å². The Morgan fingerprint density at radius 1 is 1.22 bits per heavy atom. The van der Waals surface area contributed by atoms with E-state index in [0.29, 0.717) is 44.4 Å². The van der Waals surface area contributed by atoms with E-state index in [2.05, 4.69) is 15.2 Å². The van der Waals surface area contributed by atoms with Crippen molar-refractivity contribution in [2.24, 2.45) is 4.99 Å². The van der Waals surface area contributed by atoms with Gasteiger partial charge in [-0.2, -0.15) is 0 Å². The van der Waals surface area contributed by atoms with Crippen molar-refractivity contribution in [3.63, 3.8) is 0 Å². The van der Waals surface area contributed by atoms with Crippen molar-refractivity contribution in [3.05, 3.63) is 24.2 Å². The van der Waals surface area contributed by atoms with Crippen LogP contribution in [0.2, 0.25) is 0 Å². The molecule has 1 aromatic heterocycles. The Morgan fingerprint density at radius 2 is 1.85 bits per heavy atom. The minimum Gasteiger partial charge on any atom is -0.459 e. The van der Waals surface area contributed by atoms with Crippen LogP contribution in [0.15, 0.2) is 27.8 Å². The summed E-state index contributed by atoms with van der Waals surface area (Å²) in [7, 11) is -3.20. The summed E-state index contributed by atoms with van der Waals surface area (Å²) < 4.78 is 28.9. The van der Waals surface area contributed by atoms with E-state index in [1.807, 2.05) is 6.92 Å². The molecular weight excluding hydrogens is 368 g/mol. The summed E-state index contributed by atoms with van der Waals surface area (Å²) in [6.07, 6.45) is 1.49. The van der Waals surface area contributed by atoms with Gasteiger partial charge in [0.2, 0.25) is 0 Å². The lowest BCUT2D eigenvalue weighted by Gasteiger charge is -2.36. The van der Waals surface area contributed by atoms with Gasteiger partial charge in [0.05, 0.1) is 23.3 Å². The maximum absolute atomic E-state index is 12.3. The van der Waals surface area contributed by atoms with Gasteiger partial charge < -0.3 is 19.5 Å². The lowest BCUT2D eigenvalue weighted by Crippen LogP contribution is -2.53. The molecule has 1 fully saturated rings. The third-order valence-corrected chi connectivity index (χ3v) is 7.07. The fraction of sp³-hybridized carbons (Fsp3) is 0.667. The van der Waals surface area contributed by atoms with Crippen molar-refractivity contribution in [2.75, 3.05) is 45.0 Å². The predicted octanol–water partition coefficient (Wildman–Crippen LogP) is 1.22. The highest BCUT2D eigenvalue weighted by Gasteiger charge is 2.29. The van der Waals surface area contributed by atoms with Crippen molar-refractivity contribution in [1.29, 1.82) is 0 Å². The first-order chi connectivity index (χ1) is 12.7. The summed E-state index contributed by atoms with van der Waals surface area (Å²) in [5.74, 6) is 0.934. The topological polar surface area (TPSA) is 95.2 Å². The van der Waals surface area contributed by atoms with Crippen LogP contribution in [0, 0.1) is 0 Å². The van der Waals surface area contributed by atoms with E-state index in [1.54, 1.807) is 37.8 Å². The number of hydrogen-bond donors (Lipinski definition) is 1. The zero-order chi connectivity index (χ0) is 20.1. The fourth-order valence-corrected chi connectivity index (χ4v) is 3.63. The van der Waals surface area contributed by atoms with Gasteiger partial charge in [0.15, 0.2) is 21.6 Å². The minimum absolute atomic E-state index is 0.0162. The molecule has 0 bridgehead atoms. The zero-order valence-electron chi connectivity index (χ0n) is 16.6. The Morgan fingerprint density at radius 3 is 2.37 bits per heavy atom. The molecule has 27 heavy (non-hydrogen) atoms. The number of amides is 1. The summed E-state index contributed by atoms with van der Waals surface area (Å²) in [5.41, 5.74) is 0. The number of rotatable bonds is 5. The summed E-state index contributed by atoms with van der Waals surface area (Å²) in [5, 5.41) is 3.21. The van der Waals surface area contributed by atoms with Crippen LogP contribution in [0.25, 0.3) is 0 Å². The van der Waals surface area contributed by atoms with Gasteiger partial charge in [0.25, 0.3) is 5.91 Å². The lowest BCUT2D eigenvalue weighted by molar-refractivity contribution is 0.0657. The Balaban J connectivity index is 1.95. The van der Waals surface area contributed by atoms with Gasteiger partial charge in [0.1, 0.15) is 0 Å². The van der Waals surface area contributed by atoms with E-state index in [-0.39, 0.29) is 18.2 Å². The van der Waals surface area contributed by atoms with Gasteiger partial charge in [-0.05, 0) is 39.8 Å². The van der Waals surface area contributed by atoms with Gasteiger partial charge in [-0.3, -0.25) is 9.79 Å². The summed E-state index contributed by atoms with van der Waals surface area (Å²) >= 11 is 0. The second-order valence-electron chi connectivity index (χ2n) is 7.42. The molecule has 0 saturated carbocycles. The van der Waals surface area contributed by atoms with Crippen LogP contribution in [0.1, 0.15) is 38.2 Å². The number of nitrogens with one attached hydrogen (secondary N) is 1. The second-order valence-corrected chi connectivity index (χ2v) is 10.3. The van der Waals surface area contributed by atoms with Crippen LogP contribution in [-0.2, 0) is 9.84 Å². The molecule has 9 heteroatoms. The molecule has 8 nitrogen and oxygen atoms in total. The van der Waals surface area contributed by atoms with E-state index in [1.165, 1.54) is 6.26 Å². The number of nitrogens with zero attached hydrogens (tertiary/aromatic N) is 3. The number of carbonyl (C=O) groups excluding carboxylic acids is 1. The Kier molecular flexibility index (Phi) is 6.91. The molecule has 0 unspecified atom stereocenters. The average molecular weight is 399 g/mol. The van der Waals surface area contributed by atoms with E-state index in [9.17, 15) is 13.2 Å². The fourth-order valence-electron chi connectivity index (χ4n) is 2.68. The van der Waals surface area contributed by atoms with E-state index < -0.39 is 14.6 Å². The number of furan rings is 1. The Bertz CT molecular complexity index is 743. The van der Waals surface area contributed by atoms with Crippen molar-refractivity contribution in [2.45, 2.75) is 32.4 Å². The van der Waals surface area contributed by atoms with E-state index >= 15 is 0 Å². The molecule has 0 aliphatic carbocycles. The molecule has 1 aliphatic heterocycles. The third kappa shape index (κ3) is 5.47. The highest BCUT2D eigenvalue weighted by molar-refractivity contribution is 7.92. The van der Waals surface area contributed by atoms with Gasteiger partial charge in [-0.25, -0.2) is 8.42 Å². The standard InChI is InChI=1S/C18H30N4O4S/c1-5-19-17(20-8-14-27(24,25)18(2,3)4)22-11-9-21(10-12-22)16(23)15-7-6-13-26-15/h6-7,13H,5,8-12,14H2,1-4H3,(H,19,20). The largest absolute Gasteiger partial charge is 0.459 e. The molecule has 0 aromatic carbocycles. The summed E-state index contributed by atoms with van der Waals surface area (Å²) in [6, 6.07) is 3.36. The number of guanidine groups is 1. The molecule has 1 aliphatic rings. The summed E-state index contributed by atoms with van der Waals surface area (Å²) in [6.45, 7) is 10.4. The number of piperazine rings is 1. The molecule has 152 valence electrons. The molecule has 2 heterocycles. The van der Waals surface area contributed by atoms with Gasteiger partial charge >= 0.3 is 0 Å². The number of carbonyl (C=O) groups is 1. The van der Waals surface area contributed by atoms with E-state index in [4.69, 9.17) is 4.42 Å². The van der Waals surface area contributed by atoms with Crippen molar-refractivity contribution in [1.82, 2.24) is 15.1 Å². The van der Waals surface area contributed by atoms with Gasteiger partial charge in [-0.15, -0.1) is 0 Å². The Hall–Kier alpha value is -2.03. The monoisotopic (exact) mass is 398 g/mol. The Labute approximate surface area is 161 Å². The zero-order valence-corrected chi connectivity index (χ0v) is 17.4. The van der Waals surface area contributed by atoms with Crippen LogP contribution >= 0.6 is 0 Å². The molecule has 0 radical (unpaired) electrons. The van der Waals surface area contributed by atoms with Crippen molar-refractivity contribution < 1.29 is 17.6 Å². The average Bonchev–Trinajstić information content (AvgIpc) is 3.14. The minimum atomic E-state index is -3.20. The maximum atomic E-state index is 12.3. The predicted molar refractivity (Wildman–Crippen MR) is 106 cm³/mol. The smallest absolute Gasteiger partial charge is 0.289 e. The van der Waals surface area contributed by atoms with Crippen LogP contribution in [0.5, 0.6) is 0 Å². The molecule has 1 aromatic rings. The normalized spacial score (nSPS) is 16.5. The lowest BCUT2D eigenvalue weighted by atomic mass is 10.3. The van der Waals surface area contributed by atoms with Crippen molar-refractivity contribution in [3.8, 4) is 0 Å². The third-order valence-electron chi connectivity index (χ3n) is 4.49. The van der Waals surface area contributed by atoms with Gasteiger partial charge in [-0.1, -0.05) is 0 Å². The number of hydrogen-bond acceptors (Lipinski definition) is 5. The quantitative estimate of drug-likeness (QED) is 0.592. The molecule has 1 saturated heterocycles. The first kappa shape index (κ1) is 21.3. The van der Waals surface area contributed by atoms with Crippen LogP contribution in [0.3, 0.4) is 0 Å². The van der Waals surface area contributed by atoms with Crippen LogP contribution in [-0.4, -0.2) is 79.9 Å². The number of aliphatic imine (C=N–C) groups is 1. The van der Waals surface area contributed by atoms with Crippen LogP contribution < -0.4 is 5.32 Å². The molecule has 0 atom stereocenters. The molecular formula is C18H30N4O4S. The SMILES string of the molecule is CCNC(=NCCS(=O)(=O)C(C)(C)C)N1CCN(C(=O)c2ccco2)CC1. The first-order valence-corrected chi connectivity index (χ1v) is 10.9. The molecule has 1 amide bonds. The second kappa shape index (κ2) is 8.77. The maximum Gasteiger partial charge on any atom is 0.289 e.